The highest BCUT2D eigenvalue weighted by Crippen LogP contribution is 2.43. The molecule has 0 aliphatic heterocycles. The first-order valence-corrected chi connectivity index (χ1v) is 6.54. The van der Waals surface area contributed by atoms with E-state index in [9.17, 15) is 14.7 Å². The van der Waals surface area contributed by atoms with Gasteiger partial charge in [0.05, 0.1) is 0 Å². The fraction of sp³-hybridized carbons (Fsp3) is 0.385. The Morgan fingerprint density at radius 3 is 2.50 bits per heavy atom. The Morgan fingerprint density at radius 2 is 2.06 bits per heavy atom. The third-order valence-corrected chi connectivity index (χ3v) is 4.02. The molecule has 1 aliphatic carbocycles. The smallest absolute Gasteiger partial charge is 0.319 e. The number of hydrogen-bond donors (Lipinski definition) is 1. The Hall–Kier alpha value is -1.36. The molecule has 1 amide bonds. The molecule has 0 unspecified atom stereocenters. The predicted molar refractivity (Wildman–Crippen MR) is 71.5 cm³/mol. The molecule has 0 atom stereocenters. The Balaban J connectivity index is 2.26. The number of aliphatic carboxylic acids is 1. The molecule has 0 saturated heterocycles. The Labute approximate surface area is 114 Å². The zero-order valence-electron chi connectivity index (χ0n) is 10.0. The molecule has 0 bridgehead atoms. The molecule has 1 aromatic rings. The summed E-state index contributed by atoms with van der Waals surface area (Å²) in [6.07, 6.45) is 1.66. The van der Waals surface area contributed by atoms with Crippen LogP contribution in [-0.2, 0) is 9.59 Å². The van der Waals surface area contributed by atoms with Gasteiger partial charge >= 0.3 is 5.97 Å². The topological polar surface area (TPSA) is 57.6 Å². The molecule has 5 heteroatoms. The molecule has 4 nitrogen and oxygen atoms in total. The molecule has 0 heterocycles. The van der Waals surface area contributed by atoms with Crippen molar-refractivity contribution in [3.63, 3.8) is 0 Å². The maximum atomic E-state index is 12.3. The van der Waals surface area contributed by atoms with Gasteiger partial charge in [0.25, 0.3) is 0 Å². The van der Waals surface area contributed by atoms with Crippen molar-refractivity contribution in [1.82, 2.24) is 0 Å². The van der Waals surface area contributed by atoms with Gasteiger partial charge in [0.15, 0.2) is 0 Å². The molecule has 1 aliphatic rings. The molecule has 0 spiro atoms. The lowest BCUT2D eigenvalue weighted by Gasteiger charge is -2.38. The zero-order chi connectivity index (χ0) is 13.3. The van der Waals surface area contributed by atoms with E-state index in [-0.39, 0.29) is 5.91 Å². The minimum atomic E-state index is -1.21. The quantitative estimate of drug-likeness (QED) is 0.873. The van der Waals surface area contributed by atoms with Crippen LogP contribution in [0.25, 0.3) is 0 Å². The number of anilines is 1. The Bertz CT molecular complexity index is 497. The van der Waals surface area contributed by atoms with Crippen molar-refractivity contribution in [3.05, 3.63) is 28.7 Å². The fourth-order valence-corrected chi connectivity index (χ4v) is 2.56. The van der Waals surface area contributed by atoms with Crippen LogP contribution in [-0.4, -0.2) is 24.0 Å². The van der Waals surface area contributed by atoms with Crippen molar-refractivity contribution < 1.29 is 14.7 Å². The van der Waals surface area contributed by atoms with Gasteiger partial charge in [-0.05, 0) is 31.0 Å². The predicted octanol–water partition coefficient (Wildman–Crippen LogP) is 2.67. The summed E-state index contributed by atoms with van der Waals surface area (Å²) in [6.45, 7) is 0. The van der Waals surface area contributed by atoms with Gasteiger partial charge in [-0.25, -0.2) is 0 Å². The van der Waals surface area contributed by atoms with Gasteiger partial charge in [0.1, 0.15) is 5.41 Å². The van der Waals surface area contributed by atoms with Crippen molar-refractivity contribution in [3.8, 4) is 0 Å². The number of benzene rings is 1. The lowest BCUT2D eigenvalue weighted by Crippen LogP contribution is -2.51. The summed E-state index contributed by atoms with van der Waals surface area (Å²) in [5.74, 6) is -1.35. The van der Waals surface area contributed by atoms with Crippen molar-refractivity contribution >= 4 is 33.5 Å². The largest absolute Gasteiger partial charge is 0.480 e. The van der Waals surface area contributed by atoms with E-state index < -0.39 is 11.4 Å². The van der Waals surface area contributed by atoms with Crippen LogP contribution in [0.3, 0.4) is 0 Å². The van der Waals surface area contributed by atoms with E-state index in [1.54, 1.807) is 19.2 Å². The molecule has 1 saturated carbocycles. The van der Waals surface area contributed by atoms with Gasteiger partial charge in [-0.2, -0.15) is 0 Å². The van der Waals surface area contributed by atoms with Crippen LogP contribution in [0.4, 0.5) is 5.69 Å². The summed E-state index contributed by atoms with van der Waals surface area (Å²) in [5.41, 5.74) is -0.515. The number of rotatable bonds is 3. The van der Waals surface area contributed by atoms with Gasteiger partial charge < -0.3 is 10.0 Å². The average Bonchev–Trinajstić information content (AvgIpc) is 2.25. The van der Waals surface area contributed by atoms with Crippen molar-refractivity contribution in [2.45, 2.75) is 19.3 Å². The van der Waals surface area contributed by atoms with Crippen molar-refractivity contribution in [2.75, 3.05) is 11.9 Å². The van der Waals surface area contributed by atoms with Crippen molar-refractivity contribution in [2.24, 2.45) is 5.41 Å². The van der Waals surface area contributed by atoms with Crippen LogP contribution in [0.15, 0.2) is 28.7 Å². The van der Waals surface area contributed by atoms with E-state index in [0.717, 1.165) is 10.9 Å². The zero-order valence-corrected chi connectivity index (χ0v) is 11.6. The van der Waals surface area contributed by atoms with E-state index in [4.69, 9.17) is 0 Å². The minimum Gasteiger partial charge on any atom is -0.480 e. The number of carbonyl (C=O) groups is 2. The molecule has 1 fully saturated rings. The second-order valence-electron chi connectivity index (χ2n) is 4.58. The molecular weight excluding hydrogens is 298 g/mol. The first-order valence-electron chi connectivity index (χ1n) is 5.74. The van der Waals surface area contributed by atoms with Crippen LogP contribution in [0.5, 0.6) is 0 Å². The number of amides is 1. The molecule has 0 aromatic heterocycles. The van der Waals surface area contributed by atoms with Crippen LogP contribution in [0.2, 0.25) is 0 Å². The SMILES string of the molecule is CN(C(=O)C1(C(=O)O)CCC1)c1cccc(Br)c1. The highest BCUT2D eigenvalue weighted by atomic mass is 79.9. The van der Waals surface area contributed by atoms with Crippen molar-refractivity contribution in [1.29, 1.82) is 0 Å². The number of halogens is 1. The van der Waals surface area contributed by atoms with E-state index in [1.165, 1.54) is 4.90 Å². The molecule has 1 aromatic carbocycles. The first kappa shape index (κ1) is 13.1. The highest BCUT2D eigenvalue weighted by molar-refractivity contribution is 9.10. The van der Waals surface area contributed by atoms with Crippen LogP contribution in [0.1, 0.15) is 19.3 Å². The summed E-state index contributed by atoms with van der Waals surface area (Å²) in [4.78, 5) is 25.0. The monoisotopic (exact) mass is 311 g/mol. The third kappa shape index (κ3) is 2.03. The van der Waals surface area contributed by atoms with Gasteiger partial charge in [-0.3, -0.25) is 9.59 Å². The number of carbonyl (C=O) groups excluding carboxylic acids is 1. The van der Waals surface area contributed by atoms with Gasteiger partial charge in [-0.15, -0.1) is 0 Å². The molecular formula is C13H14BrNO3. The maximum absolute atomic E-state index is 12.3. The second-order valence-corrected chi connectivity index (χ2v) is 5.50. The summed E-state index contributed by atoms with van der Waals surface area (Å²) >= 11 is 3.34. The molecule has 0 radical (unpaired) electrons. The van der Waals surface area contributed by atoms with Crippen LogP contribution >= 0.6 is 15.9 Å². The molecule has 18 heavy (non-hydrogen) atoms. The summed E-state index contributed by atoms with van der Waals surface area (Å²) in [5, 5.41) is 9.25. The molecule has 2 rings (SSSR count). The van der Waals surface area contributed by atoms with E-state index in [2.05, 4.69) is 15.9 Å². The van der Waals surface area contributed by atoms with Gasteiger partial charge in [0, 0.05) is 17.2 Å². The Kier molecular flexibility index (Phi) is 3.43. The van der Waals surface area contributed by atoms with Crippen LogP contribution < -0.4 is 4.90 Å². The average molecular weight is 312 g/mol. The van der Waals surface area contributed by atoms with E-state index in [0.29, 0.717) is 18.5 Å². The summed E-state index contributed by atoms with van der Waals surface area (Å²) in [7, 11) is 1.62. The number of carboxylic acids is 1. The maximum Gasteiger partial charge on any atom is 0.319 e. The normalized spacial score (nSPS) is 16.8. The lowest BCUT2D eigenvalue weighted by atomic mass is 9.68. The number of hydrogen-bond acceptors (Lipinski definition) is 2. The third-order valence-electron chi connectivity index (χ3n) is 3.53. The first-order chi connectivity index (χ1) is 8.47. The summed E-state index contributed by atoms with van der Waals surface area (Å²) in [6, 6.07) is 7.26. The number of nitrogens with zero attached hydrogens (tertiary/aromatic N) is 1. The summed E-state index contributed by atoms with van der Waals surface area (Å²) < 4.78 is 0.859. The van der Waals surface area contributed by atoms with Gasteiger partial charge in [0.2, 0.25) is 5.91 Å². The standard InChI is InChI=1S/C13H14BrNO3/c1-15(10-5-2-4-9(14)8-10)11(16)13(12(17)18)6-3-7-13/h2,4-5,8H,3,6-7H2,1H3,(H,17,18). The van der Waals surface area contributed by atoms with E-state index >= 15 is 0 Å². The van der Waals surface area contributed by atoms with E-state index in [1.807, 2.05) is 12.1 Å². The lowest BCUT2D eigenvalue weighted by molar-refractivity contribution is -0.160. The highest BCUT2D eigenvalue weighted by Gasteiger charge is 2.52. The van der Waals surface area contributed by atoms with Crippen LogP contribution in [0, 0.1) is 5.41 Å². The fourth-order valence-electron chi connectivity index (χ4n) is 2.17. The Morgan fingerprint density at radius 1 is 1.39 bits per heavy atom. The molecule has 96 valence electrons. The second kappa shape index (κ2) is 4.72. The van der Waals surface area contributed by atoms with Gasteiger partial charge in [-0.1, -0.05) is 28.4 Å². The molecule has 1 N–H and O–H groups in total. The minimum absolute atomic E-state index is 0.334. The number of carboxylic acid groups (broad SMARTS) is 1.